The van der Waals surface area contributed by atoms with Crippen molar-refractivity contribution in [3.05, 3.63) is 28.2 Å². The van der Waals surface area contributed by atoms with Gasteiger partial charge in [0.1, 0.15) is 12.0 Å². The van der Waals surface area contributed by atoms with Gasteiger partial charge in [-0.2, -0.15) is 0 Å². The molecule has 0 spiro atoms. The highest BCUT2D eigenvalue weighted by atomic mass is 79.9. The predicted octanol–water partition coefficient (Wildman–Crippen LogP) is 2.66. The van der Waals surface area contributed by atoms with Gasteiger partial charge in [-0.15, -0.1) is 0 Å². The maximum Gasteiger partial charge on any atom is 0.135 e. The lowest BCUT2D eigenvalue weighted by atomic mass is 10.2. The number of hydrogen-bond donors (Lipinski definition) is 0. The SMILES string of the molecule is COc1ccc(C(OC)N(C)C)cc1Br. The van der Waals surface area contributed by atoms with Gasteiger partial charge >= 0.3 is 0 Å². The van der Waals surface area contributed by atoms with Gasteiger partial charge in [0, 0.05) is 7.11 Å². The first kappa shape index (κ1) is 12.5. The second-order valence-electron chi connectivity index (χ2n) is 3.45. The second-order valence-corrected chi connectivity index (χ2v) is 4.30. The Morgan fingerprint density at radius 1 is 1.27 bits per heavy atom. The van der Waals surface area contributed by atoms with E-state index in [1.54, 1.807) is 14.2 Å². The van der Waals surface area contributed by atoms with Gasteiger partial charge in [-0.3, -0.25) is 4.90 Å². The van der Waals surface area contributed by atoms with Crippen LogP contribution in [0.5, 0.6) is 5.75 Å². The van der Waals surface area contributed by atoms with E-state index < -0.39 is 0 Å². The fourth-order valence-corrected chi connectivity index (χ4v) is 2.04. The summed E-state index contributed by atoms with van der Waals surface area (Å²) in [6, 6.07) is 5.93. The molecule has 0 bridgehead atoms. The standard InChI is InChI=1S/C11H16BrNO2/c1-13(2)11(15-4)8-5-6-10(14-3)9(12)7-8/h5-7,11H,1-4H3. The van der Waals surface area contributed by atoms with Crippen LogP contribution < -0.4 is 4.74 Å². The molecule has 0 amide bonds. The van der Waals surface area contributed by atoms with E-state index >= 15 is 0 Å². The second kappa shape index (κ2) is 5.49. The molecule has 0 aliphatic rings. The zero-order valence-electron chi connectivity index (χ0n) is 9.45. The minimum atomic E-state index is -0.0350. The summed E-state index contributed by atoms with van der Waals surface area (Å²) in [7, 11) is 7.31. The molecular formula is C11H16BrNO2. The zero-order chi connectivity index (χ0) is 11.4. The van der Waals surface area contributed by atoms with Crippen LogP contribution in [0.1, 0.15) is 11.8 Å². The molecule has 3 nitrogen and oxygen atoms in total. The molecule has 0 saturated heterocycles. The van der Waals surface area contributed by atoms with Crippen LogP contribution >= 0.6 is 15.9 Å². The van der Waals surface area contributed by atoms with Gasteiger partial charge in [0.15, 0.2) is 0 Å². The van der Waals surface area contributed by atoms with Crippen LogP contribution in [0.25, 0.3) is 0 Å². The zero-order valence-corrected chi connectivity index (χ0v) is 11.0. The van der Waals surface area contributed by atoms with Crippen molar-refractivity contribution in [2.24, 2.45) is 0 Å². The average molecular weight is 274 g/mol. The van der Waals surface area contributed by atoms with Crippen molar-refractivity contribution < 1.29 is 9.47 Å². The molecule has 0 saturated carbocycles. The molecule has 1 aromatic rings. The molecule has 1 rings (SSSR count). The van der Waals surface area contributed by atoms with E-state index in [9.17, 15) is 0 Å². The van der Waals surface area contributed by atoms with Gasteiger partial charge < -0.3 is 9.47 Å². The Kier molecular flexibility index (Phi) is 4.57. The van der Waals surface area contributed by atoms with Crippen LogP contribution in [0.2, 0.25) is 0 Å². The van der Waals surface area contributed by atoms with Gasteiger partial charge in [-0.05, 0) is 47.7 Å². The lowest BCUT2D eigenvalue weighted by Gasteiger charge is -2.23. The molecule has 0 radical (unpaired) electrons. The van der Waals surface area contributed by atoms with Crippen LogP contribution in [0, 0.1) is 0 Å². The number of nitrogens with zero attached hydrogens (tertiary/aromatic N) is 1. The minimum Gasteiger partial charge on any atom is -0.496 e. The third-order valence-electron chi connectivity index (χ3n) is 2.15. The molecule has 4 heteroatoms. The van der Waals surface area contributed by atoms with E-state index in [0.29, 0.717) is 0 Å². The Balaban J connectivity index is 3.00. The molecule has 0 aliphatic heterocycles. The Morgan fingerprint density at radius 2 is 1.93 bits per heavy atom. The molecule has 84 valence electrons. The topological polar surface area (TPSA) is 21.7 Å². The summed E-state index contributed by atoms with van der Waals surface area (Å²) in [5.41, 5.74) is 1.09. The lowest BCUT2D eigenvalue weighted by Crippen LogP contribution is -2.21. The third-order valence-corrected chi connectivity index (χ3v) is 2.77. The van der Waals surface area contributed by atoms with Crippen molar-refractivity contribution in [2.45, 2.75) is 6.23 Å². The normalized spacial score (nSPS) is 12.9. The van der Waals surface area contributed by atoms with Crippen LogP contribution in [0.4, 0.5) is 0 Å². The highest BCUT2D eigenvalue weighted by molar-refractivity contribution is 9.10. The molecule has 0 aliphatic carbocycles. The Bertz CT molecular complexity index is 328. The summed E-state index contributed by atoms with van der Waals surface area (Å²) >= 11 is 3.45. The molecular weight excluding hydrogens is 258 g/mol. The number of ether oxygens (including phenoxy) is 2. The van der Waals surface area contributed by atoms with E-state index in [1.807, 2.05) is 37.2 Å². The van der Waals surface area contributed by atoms with Gasteiger partial charge in [0.05, 0.1) is 11.6 Å². The number of methoxy groups -OCH3 is 2. The molecule has 0 aromatic heterocycles. The maximum absolute atomic E-state index is 5.39. The Labute approximate surface area is 99.1 Å². The molecule has 0 N–H and O–H groups in total. The number of hydrogen-bond acceptors (Lipinski definition) is 3. The Morgan fingerprint density at radius 3 is 2.33 bits per heavy atom. The first-order chi connectivity index (χ1) is 7.10. The molecule has 0 heterocycles. The average Bonchev–Trinajstić information content (AvgIpc) is 2.18. The largest absolute Gasteiger partial charge is 0.496 e. The predicted molar refractivity (Wildman–Crippen MR) is 64.1 cm³/mol. The summed E-state index contributed by atoms with van der Waals surface area (Å²) in [6.07, 6.45) is -0.0350. The summed E-state index contributed by atoms with van der Waals surface area (Å²) < 4.78 is 11.5. The van der Waals surface area contributed by atoms with E-state index in [-0.39, 0.29) is 6.23 Å². The highest BCUT2D eigenvalue weighted by Crippen LogP contribution is 2.29. The highest BCUT2D eigenvalue weighted by Gasteiger charge is 2.14. The fourth-order valence-electron chi connectivity index (χ4n) is 1.48. The third kappa shape index (κ3) is 2.93. The van der Waals surface area contributed by atoms with E-state index in [1.165, 1.54) is 0 Å². The molecule has 0 fully saturated rings. The van der Waals surface area contributed by atoms with Crippen LogP contribution in [-0.2, 0) is 4.74 Å². The molecule has 1 unspecified atom stereocenters. The summed E-state index contributed by atoms with van der Waals surface area (Å²) in [5, 5.41) is 0. The monoisotopic (exact) mass is 273 g/mol. The summed E-state index contributed by atoms with van der Waals surface area (Å²) in [5.74, 6) is 0.826. The van der Waals surface area contributed by atoms with Gasteiger partial charge in [-0.1, -0.05) is 6.07 Å². The first-order valence-electron chi connectivity index (χ1n) is 4.62. The van der Waals surface area contributed by atoms with Crippen molar-refractivity contribution in [3.63, 3.8) is 0 Å². The summed E-state index contributed by atoms with van der Waals surface area (Å²) in [4.78, 5) is 2.01. The smallest absolute Gasteiger partial charge is 0.135 e. The van der Waals surface area contributed by atoms with Crippen LogP contribution in [-0.4, -0.2) is 33.2 Å². The molecule has 15 heavy (non-hydrogen) atoms. The lowest BCUT2D eigenvalue weighted by molar-refractivity contribution is -0.00547. The number of benzene rings is 1. The van der Waals surface area contributed by atoms with E-state index in [0.717, 1.165) is 15.8 Å². The van der Waals surface area contributed by atoms with Crippen molar-refractivity contribution in [1.82, 2.24) is 4.90 Å². The van der Waals surface area contributed by atoms with Crippen LogP contribution in [0.3, 0.4) is 0 Å². The Hall–Kier alpha value is -0.580. The van der Waals surface area contributed by atoms with Crippen molar-refractivity contribution >= 4 is 15.9 Å². The van der Waals surface area contributed by atoms with E-state index in [4.69, 9.17) is 9.47 Å². The van der Waals surface area contributed by atoms with E-state index in [2.05, 4.69) is 15.9 Å². The van der Waals surface area contributed by atoms with Crippen molar-refractivity contribution in [3.8, 4) is 5.75 Å². The maximum atomic E-state index is 5.39. The van der Waals surface area contributed by atoms with Gasteiger partial charge in [0.25, 0.3) is 0 Å². The summed E-state index contributed by atoms with van der Waals surface area (Å²) in [6.45, 7) is 0. The first-order valence-corrected chi connectivity index (χ1v) is 5.42. The van der Waals surface area contributed by atoms with Gasteiger partial charge in [-0.25, -0.2) is 0 Å². The molecule has 1 atom stereocenters. The quantitative estimate of drug-likeness (QED) is 0.788. The van der Waals surface area contributed by atoms with Gasteiger partial charge in [0.2, 0.25) is 0 Å². The number of rotatable bonds is 4. The van der Waals surface area contributed by atoms with Crippen molar-refractivity contribution in [2.75, 3.05) is 28.3 Å². The number of halogens is 1. The van der Waals surface area contributed by atoms with Crippen molar-refractivity contribution in [1.29, 1.82) is 0 Å². The molecule has 1 aromatic carbocycles. The minimum absolute atomic E-state index is 0.0350. The fraction of sp³-hybridized carbons (Fsp3) is 0.455. The van der Waals surface area contributed by atoms with Crippen LogP contribution in [0.15, 0.2) is 22.7 Å².